The minimum atomic E-state index is -0.808. The van der Waals surface area contributed by atoms with Crippen LogP contribution in [0.1, 0.15) is 12.1 Å². The van der Waals surface area contributed by atoms with Gasteiger partial charge in [-0.25, -0.2) is 0 Å². The van der Waals surface area contributed by atoms with Gasteiger partial charge in [-0.2, -0.15) is 0 Å². The van der Waals surface area contributed by atoms with E-state index in [2.05, 4.69) is 4.98 Å². The fraction of sp³-hybridized carbons (Fsp3) is 0.231. The summed E-state index contributed by atoms with van der Waals surface area (Å²) in [5, 5.41) is 9.64. The number of pyridine rings is 1. The summed E-state index contributed by atoms with van der Waals surface area (Å²) in [5.41, 5.74) is 1.61. The van der Waals surface area contributed by atoms with Gasteiger partial charge in [-0.3, -0.25) is 9.78 Å². The predicted octanol–water partition coefficient (Wildman–Crippen LogP) is 2.26. The Morgan fingerprint density at radius 1 is 1.35 bits per heavy atom. The van der Waals surface area contributed by atoms with Crippen molar-refractivity contribution in [1.29, 1.82) is 0 Å². The number of carboxylic acid groups (broad SMARTS) is 1. The van der Waals surface area contributed by atoms with Crippen LogP contribution in [0.3, 0.4) is 0 Å². The van der Waals surface area contributed by atoms with Gasteiger partial charge < -0.3 is 9.84 Å². The highest BCUT2D eigenvalue weighted by molar-refractivity contribution is 5.80. The van der Waals surface area contributed by atoms with E-state index in [1.54, 1.807) is 7.11 Å². The van der Waals surface area contributed by atoms with Gasteiger partial charge >= 0.3 is 5.97 Å². The number of hydrogen-bond acceptors (Lipinski definition) is 3. The van der Waals surface area contributed by atoms with Crippen LogP contribution in [0.5, 0.6) is 5.75 Å². The van der Waals surface area contributed by atoms with Crippen LogP contribution in [0, 0.1) is 0 Å². The van der Waals surface area contributed by atoms with Crippen LogP contribution in [0.4, 0.5) is 0 Å². The number of benzene rings is 1. The lowest BCUT2D eigenvalue weighted by atomic mass is 10.1. The minimum absolute atomic E-state index is 0.0997. The van der Waals surface area contributed by atoms with Crippen molar-refractivity contribution >= 4 is 16.9 Å². The number of methoxy groups -OCH3 is 1. The molecule has 4 heteroatoms. The van der Waals surface area contributed by atoms with Gasteiger partial charge in [0, 0.05) is 23.6 Å². The largest absolute Gasteiger partial charge is 0.497 e. The zero-order chi connectivity index (χ0) is 12.3. The molecule has 88 valence electrons. The monoisotopic (exact) mass is 231 g/mol. The highest BCUT2D eigenvalue weighted by Crippen LogP contribution is 2.19. The molecule has 0 bridgehead atoms. The number of aromatic nitrogens is 1. The second kappa shape index (κ2) is 4.82. The Morgan fingerprint density at radius 2 is 2.12 bits per heavy atom. The quantitative estimate of drug-likeness (QED) is 0.876. The number of ether oxygens (including phenoxy) is 1. The summed E-state index contributed by atoms with van der Waals surface area (Å²) in [6.07, 6.45) is 0.547. The van der Waals surface area contributed by atoms with E-state index in [1.807, 2.05) is 30.3 Å². The number of nitrogens with zero attached hydrogens (tertiary/aromatic N) is 1. The van der Waals surface area contributed by atoms with E-state index in [-0.39, 0.29) is 6.42 Å². The first-order chi connectivity index (χ1) is 8.19. The van der Waals surface area contributed by atoms with E-state index in [0.717, 1.165) is 22.3 Å². The topological polar surface area (TPSA) is 59.4 Å². The van der Waals surface area contributed by atoms with Crippen LogP contribution in [0.15, 0.2) is 30.3 Å². The summed E-state index contributed by atoms with van der Waals surface area (Å²) in [7, 11) is 1.61. The average molecular weight is 231 g/mol. The van der Waals surface area contributed by atoms with Gasteiger partial charge in [0.2, 0.25) is 0 Å². The third-order valence-electron chi connectivity index (χ3n) is 2.55. The number of aryl methyl sites for hydroxylation is 1. The van der Waals surface area contributed by atoms with Gasteiger partial charge in [0.25, 0.3) is 0 Å². The van der Waals surface area contributed by atoms with Gasteiger partial charge in [-0.05, 0) is 18.2 Å². The van der Waals surface area contributed by atoms with Crippen molar-refractivity contribution in [2.75, 3.05) is 7.11 Å². The normalized spacial score (nSPS) is 10.4. The van der Waals surface area contributed by atoms with E-state index < -0.39 is 5.97 Å². The molecule has 1 N–H and O–H groups in total. The summed E-state index contributed by atoms with van der Waals surface area (Å²) >= 11 is 0. The van der Waals surface area contributed by atoms with Crippen LogP contribution in [-0.2, 0) is 11.2 Å². The number of aliphatic carboxylic acids is 1. The Hall–Kier alpha value is -2.10. The molecule has 0 spiro atoms. The van der Waals surface area contributed by atoms with Crippen molar-refractivity contribution in [3.05, 3.63) is 36.0 Å². The van der Waals surface area contributed by atoms with E-state index >= 15 is 0 Å². The maximum atomic E-state index is 10.5. The SMILES string of the molecule is COc1ccc2ccc(CCC(=O)O)nc2c1. The van der Waals surface area contributed by atoms with Gasteiger partial charge in [-0.1, -0.05) is 6.07 Å². The van der Waals surface area contributed by atoms with Crippen molar-refractivity contribution in [2.45, 2.75) is 12.8 Å². The van der Waals surface area contributed by atoms with Crippen LogP contribution in [0.2, 0.25) is 0 Å². The lowest BCUT2D eigenvalue weighted by Gasteiger charge is -2.04. The van der Waals surface area contributed by atoms with Crippen LogP contribution < -0.4 is 4.74 Å². The molecule has 1 aromatic carbocycles. The molecule has 4 nitrogen and oxygen atoms in total. The molecule has 0 radical (unpaired) electrons. The Balaban J connectivity index is 2.31. The molecule has 2 rings (SSSR count). The highest BCUT2D eigenvalue weighted by atomic mass is 16.5. The first-order valence-electron chi connectivity index (χ1n) is 5.34. The van der Waals surface area contributed by atoms with E-state index in [4.69, 9.17) is 9.84 Å². The van der Waals surface area contributed by atoms with E-state index in [9.17, 15) is 4.79 Å². The van der Waals surface area contributed by atoms with Gasteiger partial charge in [0.15, 0.2) is 0 Å². The molecule has 0 unspecified atom stereocenters. The number of hydrogen-bond donors (Lipinski definition) is 1. The zero-order valence-corrected chi connectivity index (χ0v) is 9.51. The molecule has 0 aliphatic rings. The minimum Gasteiger partial charge on any atom is -0.497 e. The highest BCUT2D eigenvalue weighted by Gasteiger charge is 2.03. The lowest BCUT2D eigenvalue weighted by molar-refractivity contribution is -0.136. The average Bonchev–Trinajstić information content (AvgIpc) is 2.35. The smallest absolute Gasteiger partial charge is 0.303 e. The molecule has 1 heterocycles. The fourth-order valence-corrected chi connectivity index (χ4v) is 1.64. The second-order valence-corrected chi connectivity index (χ2v) is 3.75. The summed E-state index contributed by atoms with van der Waals surface area (Å²) in [4.78, 5) is 14.9. The zero-order valence-electron chi connectivity index (χ0n) is 9.51. The molecule has 17 heavy (non-hydrogen) atoms. The van der Waals surface area contributed by atoms with Gasteiger partial charge in [0.05, 0.1) is 19.0 Å². The molecule has 0 saturated heterocycles. The summed E-state index contributed by atoms with van der Waals surface area (Å²) in [6.45, 7) is 0. The van der Waals surface area contributed by atoms with E-state index in [0.29, 0.717) is 6.42 Å². The van der Waals surface area contributed by atoms with Crippen molar-refractivity contribution < 1.29 is 14.6 Å². The Bertz CT molecular complexity index is 551. The molecule has 2 aromatic rings. The first kappa shape index (κ1) is 11.4. The van der Waals surface area contributed by atoms with Crippen LogP contribution in [-0.4, -0.2) is 23.2 Å². The molecule has 0 saturated carbocycles. The fourth-order valence-electron chi connectivity index (χ4n) is 1.64. The molecule has 0 fully saturated rings. The molecular weight excluding hydrogens is 218 g/mol. The first-order valence-corrected chi connectivity index (χ1v) is 5.34. The summed E-state index contributed by atoms with van der Waals surface area (Å²) < 4.78 is 5.13. The number of carboxylic acids is 1. The predicted molar refractivity (Wildman–Crippen MR) is 64.3 cm³/mol. The Labute approximate surface area is 98.9 Å². The van der Waals surface area contributed by atoms with Crippen molar-refractivity contribution in [1.82, 2.24) is 4.98 Å². The Kier molecular flexibility index (Phi) is 3.23. The van der Waals surface area contributed by atoms with Crippen molar-refractivity contribution in [3.63, 3.8) is 0 Å². The number of rotatable bonds is 4. The van der Waals surface area contributed by atoms with Crippen LogP contribution >= 0.6 is 0 Å². The molecule has 0 atom stereocenters. The van der Waals surface area contributed by atoms with Crippen LogP contribution in [0.25, 0.3) is 10.9 Å². The van der Waals surface area contributed by atoms with E-state index in [1.165, 1.54) is 0 Å². The summed E-state index contributed by atoms with van der Waals surface area (Å²) in [6, 6.07) is 9.46. The van der Waals surface area contributed by atoms with Crippen molar-refractivity contribution in [2.24, 2.45) is 0 Å². The molecular formula is C13H13NO3. The summed E-state index contributed by atoms with van der Waals surface area (Å²) in [5.74, 6) is -0.0575. The number of fused-ring (bicyclic) bond motifs is 1. The van der Waals surface area contributed by atoms with Crippen molar-refractivity contribution in [3.8, 4) is 5.75 Å². The standard InChI is InChI=1S/C13H13NO3/c1-17-11-6-3-9-2-4-10(5-7-13(15)16)14-12(9)8-11/h2-4,6,8H,5,7H2,1H3,(H,15,16). The number of carbonyl (C=O) groups is 1. The molecule has 0 aliphatic carbocycles. The third kappa shape index (κ3) is 2.72. The second-order valence-electron chi connectivity index (χ2n) is 3.75. The maximum Gasteiger partial charge on any atom is 0.303 e. The Morgan fingerprint density at radius 3 is 2.82 bits per heavy atom. The van der Waals surface area contributed by atoms with Gasteiger partial charge in [-0.15, -0.1) is 0 Å². The molecule has 0 amide bonds. The molecule has 1 aromatic heterocycles. The maximum absolute atomic E-state index is 10.5. The lowest BCUT2D eigenvalue weighted by Crippen LogP contribution is -1.99. The molecule has 0 aliphatic heterocycles. The third-order valence-corrected chi connectivity index (χ3v) is 2.55. The van der Waals surface area contributed by atoms with Gasteiger partial charge in [0.1, 0.15) is 5.75 Å².